The van der Waals surface area contributed by atoms with Crippen LogP contribution in [0.2, 0.25) is 0 Å². The molecule has 0 aliphatic carbocycles. The maximum Gasteiger partial charge on any atom is 0.408 e. The zero-order chi connectivity index (χ0) is 17.9. The van der Waals surface area contributed by atoms with Gasteiger partial charge in [0.2, 0.25) is 11.8 Å². The first-order valence-corrected chi connectivity index (χ1v) is 7.64. The summed E-state index contributed by atoms with van der Waals surface area (Å²) in [5.41, 5.74) is 6.44. The van der Waals surface area contributed by atoms with Crippen LogP contribution in [0.25, 0.3) is 0 Å². The lowest BCUT2D eigenvalue weighted by Gasteiger charge is -2.40. The Morgan fingerprint density at radius 2 is 1.88 bits per heavy atom. The molecule has 2 atom stereocenters. The quantitative estimate of drug-likeness (QED) is 0.876. The van der Waals surface area contributed by atoms with Gasteiger partial charge in [-0.3, -0.25) is 9.59 Å². The predicted octanol–water partition coefficient (Wildman–Crippen LogP) is 1.82. The van der Waals surface area contributed by atoms with Gasteiger partial charge >= 0.3 is 6.18 Å². The molecule has 5 nitrogen and oxygen atoms in total. The summed E-state index contributed by atoms with van der Waals surface area (Å²) >= 11 is 0. The summed E-state index contributed by atoms with van der Waals surface area (Å²) < 4.78 is 38.9. The van der Waals surface area contributed by atoms with Crippen molar-refractivity contribution in [1.82, 2.24) is 10.2 Å². The van der Waals surface area contributed by atoms with E-state index in [1.807, 2.05) is 0 Å². The van der Waals surface area contributed by atoms with Crippen molar-refractivity contribution in [2.75, 3.05) is 6.54 Å². The minimum Gasteiger partial charge on any atom is -0.366 e. The number of nitrogens with zero attached hydrogens (tertiary/aromatic N) is 1. The SMILES string of the molecule is CC(=O)N1CC(NCc2ccc(C(N)=O)cc2)CCC1C(F)(F)F. The molecule has 2 amide bonds. The summed E-state index contributed by atoms with van der Waals surface area (Å²) in [7, 11) is 0. The van der Waals surface area contributed by atoms with Crippen molar-refractivity contribution in [3.63, 3.8) is 0 Å². The molecule has 0 radical (unpaired) electrons. The van der Waals surface area contributed by atoms with Crippen LogP contribution in [0.1, 0.15) is 35.7 Å². The van der Waals surface area contributed by atoms with Crippen LogP contribution in [0.4, 0.5) is 13.2 Å². The fourth-order valence-corrected chi connectivity index (χ4v) is 2.87. The summed E-state index contributed by atoms with van der Waals surface area (Å²) in [6.45, 7) is 1.62. The van der Waals surface area contributed by atoms with E-state index < -0.39 is 24.0 Å². The highest BCUT2D eigenvalue weighted by atomic mass is 19.4. The molecule has 0 bridgehead atoms. The van der Waals surface area contributed by atoms with Crippen molar-refractivity contribution in [1.29, 1.82) is 0 Å². The summed E-state index contributed by atoms with van der Waals surface area (Å²) in [5.74, 6) is -1.09. The molecule has 1 aliphatic rings. The zero-order valence-corrected chi connectivity index (χ0v) is 13.3. The first-order valence-electron chi connectivity index (χ1n) is 7.64. The summed E-state index contributed by atoms with van der Waals surface area (Å²) in [4.78, 5) is 23.4. The standard InChI is InChI=1S/C16H20F3N3O2/c1-10(23)22-9-13(6-7-14(22)16(17,18)19)21-8-11-2-4-12(5-3-11)15(20)24/h2-5,13-14,21H,6-9H2,1H3,(H2,20,24). The highest BCUT2D eigenvalue weighted by Gasteiger charge is 2.47. The molecule has 1 aromatic carbocycles. The molecule has 1 saturated heterocycles. The van der Waals surface area contributed by atoms with Gasteiger partial charge in [-0.25, -0.2) is 0 Å². The average Bonchev–Trinajstić information content (AvgIpc) is 2.52. The van der Waals surface area contributed by atoms with E-state index in [9.17, 15) is 22.8 Å². The molecular weight excluding hydrogens is 323 g/mol. The van der Waals surface area contributed by atoms with E-state index in [1.54, 1.807) is 24.3 Å². The fourth-order valence-electron chi connectivity index (χ4n) is 2.87. The molecule has 0 aromatic heterocycles. The summed E-state index contributed by atoms with van der Waals surface area (Å²) in [6, 6.07) is 4.75. The number of alkyl halides is 3. The number of likely N-dealkylation sites (tertiary alicyclic amines) is 1. The number of hydrogen-bond acceptors (Lipinski definition) is 3. The highest BCUT2D eigenvalue weighted by molar-refractivity contribution is 5.92. The van der Waals surface area contributed by atoms with Gasteiger partial charge in [0.15, 0.2) is 0 Å². The normalized spacial score (nSPS) is 21.6. The average molecular weight is 343 g/mol. The molecule has 1 heterocycles. The molecule has 24 heavy (non-hydrogen) atoms. The van der Waals surface area contributed by atoms with E-state index in [1.165, 1.54) is 0 Å². The van der Waals surface area contributed by atoms with Gasteiger partial charge in [0.1, 0.15) is 6.04 Å². The number of nitrogens with one attached hydrogen (secondary N) is 1. The lowest BCUT2D eigenvalue weighted by Crippen LogP contribution is -2.57. The van der Waals surface area contributed by atoms with Crippen molar-refractivity contribution >= 4 is 11.8 Å². The second-order valence-electron chi connectivity index (χ2n) is 5.95. The van der Waals surface area contributed by atoms with Gasteiger partial charge in [0, 0.05) is 31.6 Å². The van der Waals surface area contributed by atoms with Crippen LogP contribution >= 0.6 is 0 Å². The number of carbonyl (C=O) groups excluding carboxylic acids is 2. The molecule has 0 spiro atoms. The van der Waals surface area contributed by atoms with Crippen molar-refractivity contribution in [3.8, 4) is 0 Å². The van der Waals surface area contributed by atoms with E-state index in [0.717, 1.165) is 17.4 Å². The lowest BCUT2D eigenvalue weighted by atomic mass is 9.97. The van der Waals surface area contributed by atoms with Crippen LogP contribution in [-0.4, -0.2) is 41.5 Å². The van der Waals surface area contributed by atoms with Crippen molar-refractivity contribution in [2.45, 2.75) is 44.6 Å². The Balaban J connectivity index is 1.94. The molecule has 0 saturated carbocycles. The molecule has 1 aromatic rings. The topological polar surface area (TPSA) is 75.4 Å². The van der Waals surface area contributed by atoms with E-state index >= 15 is 0 Å². The third-order valence-electron chi connectivity index (χ3n) is 4.20. The van der Waals surface area contributed by atoms with Crippen LogP contribution in [-0.2, 0) is 11.3 Å². The van der Waals surface area contributed by atoms with Crippen LogP contribution < -0.4 is 11.1 Å². The Bertz CT molecular complexity index is 602. The number of rotatable bonds is 4. The first kappa shape index (κ1) is 18.3. The predicted molar refractivity (Wildman–Crippen MR) is 82.1 cm³/mol. The highest BCUT2D eigenvalue weighted by Crippen LogP contribution is 2.32. The number of amides is 2. The van der Waals surface area contributed by atoms with Gasteiger partial charge in [0.25, 0.3) is 0 Å². The number of halogens is 3. The van der Waals surface area contributed by atoms with E-state index in [2.05, 4.69) is 5.32 Å². The Morgan fingerprint density at radius 1 is 1.25 bits per heavy atom. The van der Waals surface area contributed by atoms with Crippen LogP contribution in [0.15, 0.2) is 24.3 Å². The molecule has 3 N–H and O–H groups in total. The monoisotopic (exact) mass is 343 g/mol. The molecular formula is C16H20F3N3O2. The second-order valence-corrected chi connectivity index (χ2v) is 5.95. The van der Waals surface area contributed by atoms with Crippen molar-refractivity contribution in [2.24, 2.45) is 5.73 Å². The molecule has 1 fully saturated rings. The number of primary amides is 1. The first-order chi connectivity index (χ1) is 11.2. The van der Waals surface area contributed by atoms with Gasteiger partial charge in [-0.05, 0) is 30.5 Å². The second kappa shape index (κ2) is 7.21. The molecule has 2 unspecified atom stereocenters. The van der Waals surface area contributed by atoms with E-state index in [0.29, 0.717) is 18.5 Å². The fraction of sp³-hybridized carbons (Fsp3) is 0.500. The molecule has 1 aliphatic heterocycles. The minimum atomic E-state index is -4.40. The van der Waals surface area contributed by atoms with E-state index in [-0.39, 0.29) is 19.0 Å². The molecule has 132 valence electrons. The zero-order valence-electron chi connectivity index (χ0n) is 13.3. The maximum absolute atomic E-state index is 13.0. The lowest BCUT2D eigenvalue weighted by molar-refractivity contribution is -0.196. The molecule has 8 heteroatoms. The Hall–Kier alpha value is -2.09. The van der Waals surface area contributed by atoms with Crippen molar-refractivity contribution < 1.29 is 22.8 Å². The summed E-state index contributed by atoms with van der Waals surface area (Å²) in [6.07, 6.45) is -4.17. The van der Waals surface area contributed by atoms with Gasteiger partial charge in [-0.15, -0.1) is 0 Å². The third kappa shape index (κ3) is 4.47. The smallest absolute Gasteiger partial charge is 0.366 e. The number of piperidine rings is 1. The number of nitrogens with two attached hydrogens (primary N) is 1. The number of hydrogen-bond donors (Lipinski definition) is 2. The molecule has 2 rings (SSSR count). The Labute approximate surface area is 138 Å². The van der Waals surface area contributed by atoms with Gasteiger partial charge in [-0.2, -0.15) is 13.2 Å². The largest absolute Gasteiger partial charge is 0.408 e. The van der Waals surface area contributed by atoms with Gasteiger partial charge < -0.3 is 16.0 Å². The van der Waals surface area contributed by atoms with Crippen LogP contribution in [0, 0.1) is 0 Å². The maximum atomic E-state index is 13.0. The van der Waals surface area contributed by atoms with Gasteiger partial charge in [-0.1, -0.05) is 12.1 Å². The van der Waals surface area contributed by atoms with Gasteiger partial charge in [0.05, 0.1) is 0 Å². The van der Waals surface area contributed by atoms with E-state index in [4.69, 9.17) is 5.73 Å². The minimum absolute atomic E-state index is 0.0267. The Morgan fingerprint density at radius 3 is 2.38 bits per heavy atom. The van der Waals surface area contributed by atoms with Crippen LogP contribution in [0.3, 0.4) is 0 Å². The third-order valence-corrected chi connectivity index (χ3v) is 4.20. The number of benzene rings is 1. The van der Waals surface area contributed by atoms with Crippen molar-refractivity contribution in [3.05, 3.63) is 35.4 Å². The summed E-state index contributed by atoms with van der Waals surface area (Å²) in [5, 5.41) is 3.17. The van der Waals surface area contributed by atoms with Crippen LogP contribution in [0.5, 0.6) is 0 Å². The Kier molecular flexibility index (Phi) is 5.48. The number of carbonyl (C=O) groups is 2.